The normalized spacial score (nSPS) is 11.1. The molecule has 28 heavy (non-hydrogen) atoms. The summed E-state index contributed by atoms with van der Waals surface area (Å²) in [5.41, 5.74) is 0.353. The van der Waals surface area contributed by atoms with Gasteiger partial charge in [-0.25, -0.2) is 13.2 Å². The lowest BCUT2D eigenvalue weighted by Gasteiger charge is -2.15. The lowest BCUT2D eigenvalue weighted by Crippen LogP contribution is -2.20. The van der Waals surface area contributed by atoms with Gasteiger partial charge >= 0.3 is 5.56 Å². The van der Waals surface area contributed by atoms with E-state index in [1.54, 1.807) is 24.4 Å². The van der Waals surface area contributed by atoms with Crippen LogP contribution in [-0.4, -0.2) is 14.5 Å². The largest absolute Gasteiger partial charge is 0.361 e. The lowest BCUT2D eigenvalue weighted by atomic mass is 10.2. The molecule has 0 aliphatic heterocycles. The van der Waals surface area contributed by atoms with E-state index in [9.17, 15) is 22.4 Å². The number of anilines is 2. The Balaban J connectivity index is 1.77. The van der Waals surface area contributed by atoms with Gasteiger partial charge in [0.05, 0.1) is 12.2 Å². The smallest absolute Gasteiger partial charge is 0.310 e. The van der Waals surface area contributed by atoms with Crippen molar-refractivity contribution >= 4 is 22.5 Å². The van der Waals surface area contributed by atoms with Gasteiger partial charge in [-0.2, -0.15) is 9.37 Å². The van der Waals surface area contributed by atoms with Crippen LogP contribution in [0.4, 0.5) is 29.2 Å². The molecule has 4 aromatic rings. The van der Waals surface area contributed by atoms with Gasteiger partial charge in [0.25, 0.3) is 0 Å². The zero-order valence-electron chi connectivity index (χ0n) is 14.1. The van der Waals surface area contributed by atoms with Crippen molar-refractivity contribution in [1.82, 2.24) is 14.5 Å². The van der Waals surface area contributed by atoms with Gasteiger partial charge in [-0.1, -0.05) is 6.07 Å². The number of hydrogen-bond acceptors (Lipinski definition) is 3. The first-order valence-electron chi connectivity index (χ1n) is 8.16. The molecule has 0 unspecified atom stereocenters. The Morgan fingerprint density at radius 2 is 1.79 bits per heavy atom. The number of halogens is 4. The van der Waals surface area contributed by atoms with E-state index < -0.39 is 28.8 Å². The third kappa shape index (κ3) is 3.22. The molecular formula is C19H12F4N4O. The van der Waals surface area contributed by atoms with Crippen molar-refractivity contribution < 1.29 is 17.6 Å². The zero-order valence-corrected chi connectivity index (χ0v) is 14.1. The fourth-order valence-electron chi connectivity index (χ4n) is 2.90. The highest BCUT2D eigenvalue weighted by atomic mass is 19.2. The van der Waals surface area contributed by atoms with Crippen LogP contribution in [0, 0.1) is 23.3 Å². The first kappa shape index (κ1) is 17.8. The van der Waals surface area contributed by atoms with Gasteiger partial charge in [-0.05, 0) is 35.9 Å². The van der Waals surface area contributed by atoms with E-state index in [0.717, 1.165) is 29.2 Å². The number of rotatable bonds is 4. The van der Waals surface area contributed by atoms with Crippen molar-refractivity contribution in [3.63, 3.8) is 0 Å². The van der Waals surface area contributed by atoms with Crippen LogP contribution in [0.15, 0.2) is 53.6 Å². The number of nitrogens with one attached hydrogen (secondary N) is 2. The zero-order chi connectivity index (χ0) is 19.8. The van der Waals surface area contributed by atoms with Gasteiger partial charge in [0.2, 0.25) is 11.8 Å². The average Bonchev–Trinajstić information content (AvgIpc) is 3.13. The fourth-order valence-corrected chi connectivity index (χ4v) is 2.90. The number of fused-ring (bicyclic) bond motifs is 1. The molecule has 0 aliphatic carbocycles. The molecular weight excluding hydrogens is 376 g/mol. The average molecular weight is 388 g/mol. The molecule has 0 saturated carbocycles. The highest BCUT2D eigenvalue weighted by Gasteiger charge is 2.14. The van der Waals surface area contributed by atoms with Crippen molar-refractivity contribution in [2.75, 3.05) is 5.32 Å². The molecule has 0 amide bonds. The van der Waals surface area contributed by atoms with Crippen LogP contribution in [0.2, 0.25) is 0 Å². The van der Waals surface area contributed by atoms with E-state index in [2.05, 4.69) is 15.3 Å². The predicted molar refractivity (Wildman–Crippen MR) is 95.5 cm³/mol. The van der Waals surface area contributed by atoms with Crippen LogP contribution in [0.25, 0.3) is 10.9 Å². The number of aromatic nitrogens is 3. The Hall–Kier alpha value is -3.62. The third-order valence-corrected chi connectivity index (χ3v) is 4.19. The number of H-pyrrole nitrogens is 1. The molecule has 0 spiro atoms. The summed E-state index contributed by atoms with van der Waals surface area (Å²) < 4.78 is 55.1. The quantitative estimate of drug-likeness (QED) is 0.409. The summed E-state index contributed by atoms with van der Waals surface area (Å²) in [6.07, 6.45) is 2.60. The first-order valence-corrected chi connectivity index (χ1v) is 8.16. The second-order valence-electron chi connectivity index (χ2n) is 6.09. The fraction of sp³-hybridized carbons (Fsp3) is 0.0526. The summed E-state index contributed by atoms with van der Waals surface area (Å²) in [6, 6.07) is 8.73. The topological polar surface area (TPSA) is 62.7 Å². The van der Waals surface area contributed by atoms with E-state index >= 15 is 0 Å². The minimum atomic E-state index is -1.59. The monoisotopic (exact) mass is 388 g/mol. The maximum atomic E-state index is 13.8. The Morgan fingerprint density at radius 3 is 2.54 bits per heavy atom. The minimum Gasteiger partial charge on any atom is -0.361 e. The number of nitrogens with zero attached hydrogens (tertiary/aromatic N) is 2. The maximum absolute atomic E-state index is 13.8. The van der Waals surface area contributed by atoms with Crippen LogP contribution in [0.3, 0.4) is 0 Å². The van der Waals surface area contributed by atoms with Gasteiger partial charge in [0, 0.05) is 23.3 Å². The molecule has 0 radical (unpaired) electrons. The highest BCUT2D eigenvalue weighted by molar-refractivity contribution is 5.93. The summed E-state index contributed by atoms with van der Waals surface area (Å²) in [5.74, 6) is -5.49. The molecule has 0 bridgehead atoms. The molecule has 0 fully saturated rings. The number of hydrogen-bond donors (Lipinski definition) is 2. The number of benzene rings is 2. The van der Waals surface area contributed by atoms with E-state index in [-0.39, 0.29) is 18.1 Å². The standard InChI is InChI=1S/C19H12F4N4O/c20-12-6-10(7-13(21)17(12)23)8-27-9-14(22)18(28)26-19(27)25-16-3-1-2-15-11(16)4-5-24-15/h1-7,9,24H,8H2,(H,25,26,28). The van der Waals surface area contributed by atoms with E-state index in [1.165, 1.54) is 4.57 Å². The van der Waals surface area contributed by atoms with E-state index in [4.69, 9.17) is 0 Å². The van der Waals surface area contributed by atoms with E-state index in [1.807, 2.05) is 6.07 Å². The Kier molecular flexibility index (Phi) is 4.34. The minimum absolute atomic E-state index is 0.0316. The van der Waals surface area contributed by atoms with Crippen LogP contribution in [0.1, 0.15) is 5.56 Å². The number of aromatic amines is 1. The summed E-state index contributed by atoms with van der Waals surface area (Å²) in [4.78, 5) is 18.4. The summed E-state index contributed by atoms with van der Waals surface area (Å²) >= 11 is 0. The molecule has 2 N–H and O–H groups in total. The molecule has 0 saturated heterocycles. The van der Waals surface area contributed by atoms with Crippen LogP contribution < -0.4 is 10.9 Å². The second-order valence-corrected chi connectivity index (χ2v) is 6.09. The first-order chi connectivity index (χ1) is 13.4. The molecule has 5 nitrogen and oxygen atoms in total. The van der Waals surface area contributed by atoms with Gasteiger partial charge in [0.15, 0.2) is 17.5 Å². The molecule has 9 heteroatoms. The lowest BCUT2D eigenvalue weighted by molar-refractivity contribution is 0.444. The van der Waals surface area contributed by atoms with Crippen molar-refractivity contribution in [3.05, 3.63) is 88.0 Å². The molecule has 4 rings (SSSR count). The molecule has 2 aromatic heterocycles. The molecule has 2 heterocycles. The Bertz CT molecular complexity index is 1230. The third-order valence-electron chi connectivity index (χ3n) is 4.19. The molecule has 142 valence electrons. The summed E-state index contributed by atoms with van der Waals surface area (Å²) in [7, 11) is 0. The van der Waals surface area contributed by atoms with Crippen molar-refractivity contribution in [3.8, 4) is 0 Å². The highest BCUT2D eigenvalue weighted by Crippen LogP contribution is 2.25. The van der Waals surface area contributed by atoms with Crippen LogP contribution in [0.5, 0.6) is 0 Å². The Morgan fingerprint density at radius 1 is 1.04 bits per heavy atom. The van der Waals surface area contributed by atoms with Crippen molar-refractivity contribution in [2.24, 2.45) is 0 Å². The van der Waals surface area contributed by atoms with Crippen LogP contribution in [-0.2, 0) is 6.54 Å². The Labute approximate surface area is 155 Å². The van der Waals surface area contributed by atoms with Crippen molar-refractivity contribution in [2.45, 2.75) is 6.54 Å². The van der Waals surface area contributed by atoms with E-state index in [0.29, 0.717) is 5.69 Å². The second kappa shape index (κ2) is 6.84. The molecule has 0 aliphatic rings. The van der Waals surface area contributed by atoms with Gasteiger partial charge in [-0.15, -0.1) is 0 Å². The van der Waals surface area contributed by atoms with Gasteiger partial charge in [0.1, 0.15) is 0 Å². The predicted octanol–water partition coefficient (Wildman–Crippen LogP) is 4.07. The molecule has 2 aromatic carbocycles. The van der Waals surface area contributed by atoms with Crippen LogP contribution >= 0.6 is 0 Å². The maximum Gasteiger partial charge on any atom is 0.310 e. The van der Waals surface area contributed by atoms with Gasteiger partial charge < -0.3 is 14.9 Å². The summed E-state index contributed by atoms with van der Waals surface area (Å²) in [6.45, 7) is -0.246. The van der Waals surface area contributed by atoms with Crippen molar-refractivity contribution in [1.29, 1.82) is 0 Å². The summed E-state index contributed by atoms with van der Waals surface area (Å²) in [5, 5.41) is 3.73. The molecule has 0 atom stereocenters. The van der Waals surface area contributed by atoms with Gasteiger partial charge in [-0.3, -0.25) is 4.79 Å². The SMILES string of the molecule is O=c1nc(Nc2cccc3[nH]ccc23)n(Cc2cc(F)c(F)c(F)c2)cc1F.